The lowest BCUT2D eigenvalue weighted by molar-refractivity contribution is 0.408. The highest BCUT2D eigenvalue weighted by atomic mass is 19.1. The summed E-state index contributed by atoms with van der Waals surface area (Å²) in [6.45, 7) is 0. The van der Waals surface area contributed by atoms with Gasteiger partial charge in [0.1, 0.15) is 5.82 Å². The van der Waals surface area contributed by atoms with Crippen molar-refractivity contribution in [1.29, 1.82) is 0 Å². The molecule has 1 aromatic carbocycles. The second kappa shape index (κ2) is 3.53. The standard InChI is InChI=1S/C13H14F2N2/c14-9-7-8-3-6-17-12(8)11(15)10(9)13(16)4-1-2-5-13/h3,6-7,17H,1-2,4-5,16H2. The second-order valence-corrected chi connectivity index (χ2v) is 4.85. The SMILES string of the molecule is NC1(c2c(F)cc3cc[nH]c3c2F)CCCC1. The van der Waals surface area contributed by atoms with Gasteiger partial charge in [-0.05, 0) is 25.0 Å². The Morgan fingerprint density at radius 1 is 1.24 bits per heavy atom. The molecule has 90 valence electrons. The lowest BCUT2D eigenvalue weighted by Gasteiger charge is -2.25. The summed E-state index contributed by atoms with van der Waals surface area (Å²) in [5.41, 5.74) is 5.70. The number of hydrogen-bond acceptors (Lipinski definition) is 1. The van der Waals surface area contributed by atoms with Crippen LogP contribution in [0.1, 0.15) is 31.2 Å². The summed E-state index contributed by atoms with van der Waals surface area (Å²) in [5, 5.41) is 0.547. The molecule has 2 aromatic rings. The number of rotatable bonds is 1. The summed E-state index contributed by atoms with van der Waals surface area (Å²) >= 11 is 0. The molecule has 1 aliphatic carbocycles. The van der Waals surface area contributed by atoms with Gasteiger partial charge in [-0.2, -0.15) is 0 Å². The fourth-order valence-corrected chi connectivity index (χ4v) is 2.84. The molecule has 0 bridgehead atoms. The van der Waals surface area contributed by atoms with Crippen LogP contribution in [-0.2, 0) is 5.54 Å². The number of aromatic nitrogens is 1. The fourth-order valence-electron chi connectivity index (χ4n) is 2.84. The van der Waals surface area contributed by atoms with Crippen molar-refractivity contribution in [3.05, 3.63) is 35.5 Å². The van der Waals surface area contributed by atoms with Crippen LogP contribution in [0.3, 0.4) is 0 Å². The van der Waals surface area contributed by atoms with E-state index in [0.717, 1.165) is 12.8 Å². The Kier molecular flexibility index (Phi) is 2.23. The van der Waals surface area contributed by atoms with Crippen molar-refractivity contribution in [2.45, 2.75) is 31.2 Å². The Morgan fingerprint density at radius 2 is 1.94 bits per heavy atom. The van der Waals surface area contributed by atoms with Gasteiger partial charge in [0.2, 0.25) is 0 Å². The Morgan fingerprint density at radius 3 is 2.65 bits per heavy atom. The van der Waals surface area contributed by atoms with E-state index in [1.807, 2.05) is 0 Å². The smallest absolute Gasteiger partial charge is 0.155 e. The zero-order chi connectivity index (χ0) is 12.0. The molecule has 0 amide bonds. The van der Waals surface area contributed by atoms with E-state index >= 15 is 0 Å². The number of nitrogens with two attached hydrogens (primary N) is 1. The van der Waals surface area contributed by atoms with E-state index in [0.29, 0.717) is 23.7 Å². The molecule has 0 spiro atoms. The lowest BCUT2D eigenvalue weighted by Crippen LogP contribution is -2.35. The molecular weight excluding hydrogens is 222 g/mol. The minimum absolute atomic E-state index is 0.0463. The molecule has 1 fully saturated rings. The van der Waals surface area contributed by atoms with E-state index in [1.54, 1.807) is 12.3 Å². The van der Waals surface area contributed by atoms with Crippen molar-refractivity contribution >= 4 is 10.9 Å². The molecule has 0 radical (unpaired) electrons. The number of halogens is 2. The van der Waals surface area contributed by atoms with Crippen molar-refractivity contribution in [1.82, 2.24) is 4.98 Å². The van der Waals surface area contributed by atoms with E-state index in [9.17, 15) is 8.78 Å². The molecule has 4 heteroatoms. The van der Waals surface area contributed by atoms with Crippen LogP contribution in [0.15, 0.2) is 18.3 Å². The first-order valence-corrected chi connectivity index (χ1v) is 5.86. The predicted octanol–water partition coefficient (Wildman–Crippen LogP) is 3.17. The maximum absolute atomic E-state index is 14.3. The molecule has 17 heavy (non-hydrogen) atoms. The van der Waals surface area contributed by atoms with Gasteiger partial charge < -0.3 is 10.7 Å². The maximum atomic E-state index is 14.3. The number of nitrogens with one attached hydrogen (secondary N) is 1. The normalized spacial score (nSPS) is 19.0. The first-order valence-electron chi connectivity index (χ1n) is 5.86. The molecule has 0 aliphatic heterocycles. The molecule has 1 saturated carbocycles. The maximum Gasteiger partial charge on any atom is 0.155 e. The largest absolute Gasteiger partial charge is 0.359 e. The molecule has 3 N–H and O–H groups in total. The number of aromatic amines is 1. The van der Waals surface area contributed by atoms with Crippen molar-refractivity contribution in [2.75, 3.05) is 0 Å². The Labute approximate surface area is 97.8 Å². The molecule has 1 aromatic heterocycles. The zero-order valence-corrected chi connectivity index (χ0v) is 9.39. The average Bonchev–Trinajstić information content (AvgIpc) is 2.87. The van der Waals surface area contributed by atoms with Gasteiger partial charge in [0.15, 0.2) is 5.82 Å². The third-order valence-electron chi connectivity index (χ3n) is 3.73. The van der Waals surface area contributed by atoms with Crippen molar-refractivity contribution in [2.24, 2.45) is 5.73 Å². The van der Waals surface area contributed by atoms with Crippen molar-refractivity contribution < 1.29 is 8.78 Å². The molecule has 1 aliphatic rings. The van der Waals surface area contributed by atoms with Gasteiger partial charge in [0, 0.05) is 22.7 Å². The zero-order valence-electron chi connectivity index (χ0n) is 9.39. The van der Waals surface area contributed by atoms with E-state index in [-0.39, 0.29) is 5.56 Å². The molecule has 0 unspecified atom stereocenters. The van der Waals surface area contributed by atoms with E-state index in [1.165, 1.54) is 6.07 Å². The van der Waals surface area contributed by atoms with Crippen LogP contribution in [0.25, 0.3) is 10.9 Å². The highest BCUT2D eigenvalue weighted by Crippen LogP contribution is 2.40. The monoisotopic (exact) mass is 236 g/mol. The topological polar surface area (TPSA) is 41.8 Å². The number of fused-ring (bicyclic) bond motifs is 1. The summed E-state index contributed by atoms with van der Waals surface area (Å²) in [6.07, 6.45) is 4.76. The summed E-state index contributed by atoms with van der Waals surface area (Å²) in [7, 11) is 0. The van der Waals surface area contributed by atoms with Gasteiger partial charge in [-0.3, -0.25) is 0 Å². The molecule has 0 saturated heterocycles. The Bertz CT molecular complexity index is 568. The Hall–Kier alpha value is -1.42. The van der Waals surface area contributed by atoms with Crippen LogP contribution in [0.2, 0.25) is 0 Å². The molecular formula is C13H14F2N2. The van der Waals surface area contributed by atoms with Gasteiger partial charge in [0.05, 0.1) is 5.52 Å². The van der Waals surface area contributed by atoms with E-state index in [2.05, 4.69) is 4.98 Å². The lowest BCUT2D eigenvalue weighted by atomic mass is 9.88. The molecule has 0 atom stereocenters. The van der Waals surface area contributed by atoms with Crippen LogP contribution in [0.4, 0.5) is 8.78 Å². The van der Waals surface area contributed by atoms with Gasteiger partial charge in [-0.15, -0.1) is 0 Å². The summed E-state index contributed by atoms with van der Waals surface area (Å²) in [4.78, 5) is 2.80. The predicted molar refractivity (Wildman–Crippen MR) is 62.5 cm³/mol. The van der Waals surface area contributed by atoms with Crippen molar-refractivity contribution in [3.63, 3.8) is 0 Å². The number of H-pyrrole nitrogens is 1. The second-order valence-electron chi connectivity index (χ2n) is 4.85. The Balaban J connectivity index is 2.27. The minimum Gasteiger partial charge on any atom is -0.359 e. The van der Waals surface area contributed by atoms with E-state index < -0.39 is 17.2 Å². The van der Waals surface area contributed by atoms with E-state index in [4.69, 9.17) is 5.73 Å². The van der Waals surface area contributed by atoms with Crippen LogP contribution in [0.5, 0.6) is 0 Å². The highest BCUT2D eigenvalue weighted by molar-refractivity contribution is 5.81. The van der Waals surface area contributed by atoms with Crippen LogP contribution in [-0.4, -0.2) is 4.98 Å². The van der Waals surface area contributed by atoms with Crippen molar-refractivity contribution in [3.8, 4) is 0 Å². The summed E-state index contributed by atoms with van der Waals surface area (Å²) < 4.78 is 28.3. The fraction of sp³-hybridized carbons (Fsp3) is 0.385. The van der Waals surface area contributed by atoms with Gasteiger partial charge >= 0.3 is 0 Å². The first kappa shape index (κ1) is 10.7. The third-order valence-corrected chi connectivity index (χ3v) is 3.73. The number of benzene rings is 1. The van der Waals surface area contributed by atoms with Gasteiger partial charge in [-0.1, -0.05) is 12.8 Å². The van der Waals surface area contributed by atoms with Gasteiger partial charge in [0.25, 0.3) is 0 Å². The van der Waals surface area contributed by atoms with Crippen LogP contribution < -0.4 is 5.73 Å². The third kappa shape index (κ3) is 1.47. The quantitative estimate of drug-likeness (QED) is 0.784. The highest BCUT2D eigenvalue weighted by Gasteiger charge is 2.37. The van der Waals surface area contributed by atoms with Crippen LogP contribution in [0, 0.1) is 11.6 Å². The first-order chi connectivity index (χ1) is 8.12. The average molecular weight is 236 g/mol. The summed E-state index contributed by atoms with van der Waals surface area (Å²) in [5.74, 6) is -1.06. The molecule has 2 nitrogen and oxygen atoms in total. The van der Waals surface area contributed by atoms with Gasteiger partial charge in [-0.25, -0.2) is 8.78 Å². The molecule has 3 rings (SSSR count). The van der Waals surface area contributed by atoms with Crippen LogP contribution >= 0.6 is 0 Å². The number of hydrogen-bond donors (Lipinski definition) is 2. The molecule has 1 heterocycles. The minimum atomic E-state index is -0.840. The summed E-state index contributed by atoms with van der Waals surface area (Å²) in [6, 6.07) is 3.01.